The van der Waals surface area contributed by atoms with E-state index >= 15 is 0 Å². The predicted octanol–water partition coefficient (Wildman–Crippen LogP) is 6.55. The second-order valence-corrected chi connectivity index (χ2v) is 8.62. The third-order valence-corrected chi connectivity index (χ3v) is 4.93. The van der Waals surface area contributed by atoms with E-state index in [4.69, 9.17) is 0 Å². The zero-order valence-electron chi connectivity index (χ0n) is 18.8. The van der Waals surface area contributed by atoms with Gasteiger partial charge >= 0.3 is 0 Å². The Labute approximate surface area is 181 Å². The summed E-state index contributed by atoms with van der Waals surface area (Å²) in [5, 5.41) is 0. The first-order chi connectivity index (χ1) is 13.7. The summed E-state index contributed by atoms with van der Waals surface area (Å²) in [5.74, 6) is 0.0125. The number of hydrogen-bond acceptors (Lipinski definition) is 3. The van der Waals surface area contributed by atoms with Crippen LogP contribution in [0.2, 0.25) is 0 Å². The summed E-state index contributed by atoms with van der Waals surface area (Å²) < 4.78 is 2.11. The van der Waals surface area contributed by atoms with Crippen molar-refractivity contribution in [3.8, 4) is 0 Å². The van der Waals surface area contributed by atoms with Crippen LogP contribution in [0.4, 0.5) is 5.69 Å². The van der Waals surface area contributed by atoms with Crippen LogP contribution in [-0.2, 0) is 4.79 Å². The average Bonchev–Trinajstić information content (AvgIpc) is 2.69. The summed E-state index contributed by atoms with van der Waals surface area (Å²) in [5.41, 5.74) is 4.20. The molecule has 0 bridgehead atoms. The molecule has 0 fully saturated rings. The van der Waals surface area contributed by atoms with Gasteiger partial charge in [0, 0.05) is 36.8 Å². The third-order valence-electron chi connectivity index (χ3n) is 4.03. The Morgan fingerprint density at radius 2 is 1.62 bits per heavy atom. The quantitative estimate of drug-likeness (QED) is 0.262. The van der Waals surface area contributed by atoms with E-state index < -0.39 is 0 Å². The van der Waals surface area contributed by atoms with Gasteiger partial charge in [-0.2, -0.15) is 0 Å². The molecule has 0 aliphatic rings. The van der Waals surface area contributed by atoms with Crippen molar-refractivity contribution in [1.29, 1.82) is 0 Å². The van der Waals surface area contributed by atoms with E-state index in [9.17, 15) is 4.79 Å². The van der Waals surface area contributed by atoms with Crippen LogP contribution < -0.4 is 4.31 Å². The molecule has 0 heterocycles. The van der Waals surface area contributed by atoms with E-state index in [-0.39, 0.29) is 5.91 Å². The van der Waals surface area contributed by atoms with Gasteiger partial charge in [0.05, 0.1) is 0 Å². The lowest BCUT2D eigenvalue weighted by molar-refractivity contribution is -0.125. The molecule has 0 saturated carbocycles. The molecule has 0 spiro atoms. The number of carbonyl (C=O) groups is 1. The molecule has 0 radical (unpaired) electrons. The van der Waals surface area contributed by atoms with Crippen LogP contribution in [0.15, 0.2) is 88.4 Å². The molecule has 1 rings (SSSR count). The minimum Gasteiger partial charge on any atom is -0.338 e. The Balaban J connectivity index is 2.87. The molecular formula is C25H34N2OS. The smallest absolute Gasteiger partial charge is 0.253 e. The molecular weight excluding hydrogens is 376 g/mol. The number of hydrogen-bond donors (Lipinski definition) is 0. The van der Waals surface area contributed by atoms with E-state index in [2.05, 4.69) is 42.4 Å². The van der Waals surface area contributed by atoms with Gasteiger partial charge in [0.1, 0.15) is 0 Å². The Morgan fingerprint density at radius 1 is 0.966 bits per heavy atom. The molecule has 3 nitrogen and oxygen atoms in total. The van der Waals surface area contributed by atoms with Crippen LogP contribution in [0.25, 0.3) is 0 Å². The minimum atomic E-state index is 0.0125. The van der Waals surface area contributed by atoms with E-state index in [0.717, 1.165) is 16.2 Å². The van der Waals surface area contributed by atoms with Gasteiger partial charge in [0.2, 0.25) is 0 Å². The molecule has 0 aromatic heterocycles. The highest BCUT2D eigenvalue weighted by Crippen LogP contribution is 2.25. The van der Waals surface area contributed by atoms with Gasteiger partial charge in [0.15, 0.2) is 0 Å². The van der Waals surface area contributed by atoms with E-state index in [1.807, 2.05) is 77.4 Å². The first-order valence-electron chi connectivity index (χ1n) is 9.78. The van der Waals surface area contributed by atoms with Crippen LogP contribution in [0, 0.1) is 0 Å². The van der Waals surface area contributed by atoms with Gasteiger partial charge in [0.25, 0.3) is 5.91 Å². The van der Waals surface area contributed by atoms with Gasteiger partial charge in [-0.1, -0.05) is 59.7 Å². The second kappa shape index (κ2) is 12.9. The molecule has 4 heteroatoms. The number of likely N-dealkylation sites (N-methyl/N-ethyl adjacent to an activating group) is 1. The standard InChI is InChI=1S/C25H34N2OS/c1-8-12-23(25(28)26(6)19-21(4)16-15-20(2)3)18-17-22(5)29-27(7)24-13-10-9-11-14-24/h8-18H,19H2,1-7H3/b12-8-,21-16+,22-17+,23-18+. The topological polar surface area (TPSA) is 23.6 Å². The van der Waals surface area contributed by atoms with E-state index in [1.54, 1.807) is 16.8 Å². The lowest BCUT2D eigenvalue weighted by Crippen LogP contribution is -2.29. The van der Waals surface area contributed by atoms with Crippen LogP contribution in [-0.4, -0.2) is 31.4 Å². The first kappa shape index (κ1) is 24.6. The predicted molar refractivity (Wildman–Crippen MR) is 130 cm³/mol. The van der Waals surface area contributed by atoms with Crippen molar-refractivity contribution in [1.82, 2.24) is 4.90 Å². The summed E-state index contributed by atoms with van der Waals surface area (Å²) in [6, 6.07) is 10.2. The van der Waals surface area contributed by atoms with Crippen molar-refractivity contribution < 1.29 is 4.79 Å². The summed E-state index contributed by atoms with van der Waals surface area (Å²) in [7, 11) is 3.88. The number of allylic oxidation sites excluding steroid dienone is 7. The molecule has 1 aromatic rings. The highest BCUT2D eigenvalue weighted by Gasteiger charge is 2.12. The van der Waals surface area contributed by atoms with Gasteiger partial charge in [-0.3, -0.25) is 4.79 Å². The lowest BCUT2D eigenvalue weighted by Gasteiger charge is -2.19. The molecule has 0 aliphatic carbocycles. The molecule has 29 heavy (non-hydrogen) atoms. The van der Waals surface area contributed by atoms with Crippen molar-refractivity contribution in [3.05, 3.63) is 88.4 Å². The largest absolute Gasteiger partial charge is 0.338 e. The maximum Gasteiger partial charge on any atom is 0.253 e. The molecule has 0 N–H and O–H groups in total. The van der Waals surface area contributed by atoms with Gasteiger partial charge in [-0.05, 0) is 64.8 Å². The number of carbonyl (C=O) groups excluding carboxylic acids is 1. The molecule has 0 saturated heterocycles. The SMILES string of the molecule is C\C=C/C(=C\C=C(/C)SN(C)c1ccccc1)C(=O)N(C)C/C(C)=C/C=C(C)C. The molecule has 0 unspecified atom stereocenters. The van der Waals surface area contributed by atoms with Gasteiger partial charge < -0.3 is 9.21 Å². The fraction of sp³-hybridized carbons (Fsp3) is 0.320. The monoisotopic (exact) mass is 410 g/mol. The van der Waals surface area contributed by atoms with Crippen LogP contribution in [0.5, 0.6) is 0 Å². The van der Waals surface area contributed by atoms with Crippen LogP contribution in [0.1, 0.15) is 34.6 Å². The summed E-state index contributed by atoms with van der Waals surface area (Å²) in [6.45, 7) is 10.7. The number of para-hydroxylation sites is 1. The number of anilines is 1. The van der Waals surface area contributed by atoms with Crippen LogP contribution in [0.3, 0.4) is 0 Å². The van der Waals surface area contributed by atoms with Crippen molar-refractivity contribution in [2.75, 3.05) is 24.9 Å². The maximum absolute atomic E-state index is 12.9. The Bertz CT molecular complexity index is 812. The lowest BCUT2D eigenvalue weighted by atomic mass is 10.1. The van der Waals surface area contributed by atoms with Crippen molar-refractivity contribution in [2.24, 2.45) is 0 Å². The summed E-state index contributed by atoms with van der Waals surface area (Å²) >= 11 is 1.64. The highest BCUT2D eigenvalue weighted by molar-refractivity contribution is 8.04. The normalized spacial score (nSPS) is 12.9. The maximum atomic E-state index is 12.9. The number of benzene rings is 1. The van der Waals surface area contributed by atoms with Gasteiger partial charge in [-0.25, -0.2) is 0 Å². The molecule has 0 aliphatic heterocycles. The van der Waals surface area contributed by atoms with Crippen molar-refractivity contribution >= 4 is 23.5 Å². The summed E-state index contributed by atoms with van der Waals surface area (Å²) in [6.07, 6.45) is 11.8. The average molecular weight is 411 g/mol. The highest BCUT2D eigenvalue weighted by atomic mass is 32.2. The molecule has 1 amide bonds. The van der Waals surface area contributed by atoms with E-state index in [0.29, 0.717) is 12.1 Å². The fourth-order valence-electron chi connectivity index (χ4n) is 2.55. The van der Waals surface area contributed by atoms with E-state index in [1.165, 1.54) is 5.57 Å². The second-order valence-electron chi connectivity index (χ2n) is 7.24. The molecule has 1 aromatic carbocycles. The Kier molecular flexibility index (Phi) is 10.9. The number of amides is 1. The summed E-state index contributed by atoms with van der Waals surface area (Å²) in [4.78, 5) is 15.7. The number of nitrogens with zero attached hydrogens (tertiary/aromatic N) is 2. The van der Waals surface area contributed by atoms with Crippen molar-refractivity contribution in [2.45, 2.75) is 34.6 Å². The zero-order chi connectivity index (χ0) is 21.8. The molecule has 156 valence electrons. The number of rotatable bonds is 9. The zero-order valence-corrected chi connectivity index (χ0v) is 19.6. The molecule has 0 atom stereocenters. The minimum absolute atomic E-state index is 0.0125. The first-order valence-corrected chi connectivity index (χ1v) is 10.6. The van der Waals surface area contributed by atoms with Gasteiger partial charge in [-0.15, -0.1) is 0 Å². The Morgan fingerprint density at radius 3 is 2.21 bits per heavy atom. The third kappa shape index (κ3) is 9.53. The van der Waals surface area contributed by atoms with Crippen molar-refractivity contribution in [3.63, 3.8) is 0 Å². The Hall–Kier alpha value is -2.46. The fourth-order valence-corrected chi connectivity index (χ4v) is 3.34. The van der Waals surface area contributed by atoms with Crippen LogP contribution >= 0.6 is 11.9 Å².